The second-order valence-electron chi connectivity index (χ2n) is 5.78. The van der Waals surface area contributed by atoms with E-state index in [-0.39, 0.29) is 5.91 Å². The second kappa shape index (κ2) is 8.94. The fourth-order valence-electron chi connectivity index (χ4n) is 2.55. The Kier molecular flexibility index (Phi) is 6.65. The molecule has 0 bridgehead atoms. The summed E-state index contributed by atoms with van der Waals surface area (Å²) >= 11 is 0. The third-order valence-corrected chi connectivity index (χ3v) is 3.79. The molecule has 6 heteroatoms. The quantitative estimate of drug-likeness (QED) is 0.759. The summed E-state index contributed by atoms with van der Waals surface area (Å²) in [6.45, 7) is 1.11. The molecule has 0 aliphatic rings. The molecular formula is C19H25N2O4+. The minimum atomic E-state index is -0.0572. The van der Waals surface area contributed by atoms with E-state index in [1.165, 1.54) is 0 Å². The van der Waals surface area contributed by atoms with Crippen molar-refractivity contribution < 1.29 is 23.9 Å². The fourth-order valence-corrected chi connectivity index (χ4v) is 2.55. The van der Waals surface area contributed by atoms with Crippen LogP contribution in [-0.4, -0.2) is 40.8 Å². The Bertz CT molecular complexity index is 701. The Morgan fingerprint density at radius 3 is 2.24 bits per heavy atom. The highest BCUT2D eigenvalue weighted by Gasteiger charge is 2.12. The van der Waals surface area contributed by atoms with Gasteiger partial charge in [-0.2, -0.15) is 0 Å². The molecule has 6 nitrogen and oxygen atoms in total. The Balaban J connectivity index is 1.90. The van der Waals surface area contributed by atoms with Gasteiger partial charge in [0.1, 0.15) is 12.3 Å². The summed E-state index contributed by atoms with van der Waals surface area (Å²) in [6, 6.07) is 13.2. The van der Waals surface area contributed by atoms with Crippen molar-refractivity contribution in [3.05, 3.63) is 48.0 Å². The Labute approximate surface area is 148 Å². The first-order valence-corrected chi connectivity index (χ1v) is 8.01. The predicted molar refractivity (Wildman–Crippen MR) is 96.6 cm³/mol. The van der Waals surface area contributed by atoms with Gasteiger partial charge in [-0.3, -0.25) is 4.79 Å². The zero-order chi connectivity index (χ0) is 18.2. The first kappa shape index (κ1) is 18.6. The number of anilines is 1. The van der Waals surface area contributed by atoms with Crippen molar-refractivity contribution in [2.75, 3.05) is 40.2 Å². The van der Waals surface area contributed by atoms with Gasteiger partial charge in [0, 0.05) is 17.3 Å². The third kappa shape index (κ3) is 5.39. The molecule has 1 atom stereocenters. The van der Waals surface area contributed by atoms with E-state index >= 15 is 0 Å². The molecule has 0 spiro atoms. The molecule has 0 saturated carbocycles. The number of carbonyl (C=O) groups is 1. The number of hydrogen-bond acceptors (Lipinski definition) is 4. The van der Waals surface area contributed by atoms with E-state index in [0.717, 1.165) is 22.8 Å². The first-order valence-electron chi connectivity index (χ1n) is 8.01. The number of amides is 1. The van der Waals surface area contributed by atoms with Gasteiger partial charge < -0.3 is 24.4 Å². The Morgan fingerprint density at radius 1 is 0.960 bits per heavy atom. The molecule has 0 fully saturated rings. The Hall–Kier alpha value is -2.73. The number of ether oxygens (including phenoxy) is 3. The lowest BCUT2D eigenvalue weighted by Crippen LogP contribution is -3.08. The van der Waals surface area contributed by atoms with Crippen LogP contribution in [0.25, 0.3) is 0 Å². The third-order valence-electron chi connectivity index (χ3n) is 3.79. The number of benzene rings is 2. The van der Waals surface area contributed by atoms with E-state index in [0.29, 0.717) is 23.7 Å². The van der Waals surface area contributed by atoms with Crippen LogP contribution >= 0.6 is 0 Å². The van der Waals surface area contributed by atoms with Gasteiger partial charge in [0.25, 0.3) is 5.91 Å². The topological polar surface area (TPSA) is 61.2 Å². The standard InChI is InChI=1S/C19H24N2O4/c1-21(12-14-5-8-16(23-2)9-6-14)13-19(22)20-15-7-10-17(24-3)18(11-15)25-4/h5-11H,12-13H2,1-4H3,(H,20,22)/p+1. The second-order valence-corrected chi connectivity index (χ2v) is 5.78. The molecule has 1 amide bonds. The average molecular weight is 345 g/mol. The molecule has 2 N–H and O–H groups in total. The van der Waals surface area contributed by atoms with Crippen molar-refractivity contribution in [1.29, 1.82) is 0 Å². The van der Waals surface area contributed by atoms with E-state index in [1.807, 2.05) is 31.3 Å². The maximum Gasteiger partial charge on any atom is 0.279 e. The molecule has 2 rings (SSSR count). The summed E-state index contributed by atoms with van der Waals surface area (Å²) in [6.07, 6.45) is 0. The summed E-state index contributed by atoms with van der Waals surface area (Å²) in [5, 5.41) is 2.89. The highest BCUT2D eigenvalue weighted by molar-refractivity contribution is 5.91. The molecule has 0 heterocycles. The first-order chi connectivity index (χ1) is 12.0. The van der Waals surface area contributed by atoms with Crippen LogP contribution in [0, 0.1) is 0 Å². The summed E-state index contributed by atoms with van der Waals surface area (Å²) < 4.78 is 15.6. The molecule has 134 valence electrons. The minimum Gasteiger partial charge on any atom is -0.497 e. The lowest BCUT2D eigenvalue weighted by Gasteiger charge is -2.15. The van der Waals surface area contributed by atoms with Crippen molar-refractivity contribution >= 4 is 11.6 Å². The van der Waals surface area contributed by atoms with Crippen LogP contribution in [0.4, 0.5) is 5.69 Å². The number of rotatable bonds is 8. The van der Waals surface area contributed by atoms with Gasteiger partial charge in [-0.05, 0) is 36.4 Å². The van der Waals surface area contributed by atoms with Gasteiger partial charge in [0.2, 0.25) is 0 Å². The molecule has 0 aromatic heterocycles. The van der Waals surface area contributed by atoms with Gasteiger partial charge >= 0.3 is 0 Å². The van der Waals surface area contributed by atoms with Gasteiger partial charge in [-0.1, -0.05) is 0 Å². The SMILES string of the molecule is COc1ccc(C[NH+](C)CC(=O)Nc2ccc(OC)c(OC)c2)cc1. The summed E-state index contributed by atoms with van der Waals surface area (Å²) in [5.41, 5.74) is 1.83. The fraction of sp³-hybridized carbons (Fsp3) is 0.316. The van der Waals surface area contributed by atoms with E-state index in [1.54, 1.807) is 39.5 Å². The number of quaternary nitrogens is 1. The molecule has 2 aromatic carbocycles. The number of hydrogen-bond donors (Lipinski definition) is 2. The number of nitrogens with one attached hydrogen (secondary N) is 2. The van der Waals surface area contributed by atoms with Crippen LogP contribution < -0.4 is 24.4 Å². The molecule has 0 radical (unpaired) electrons. The molecule has 0 aliphatic heterocycles. The molecule has 0 aliphatic carbocycles. The van der Waals surface area contributed by atoms with Crippen LogP contribution in [0.5, 0.6) is 17.2 Å². The maximum atomic E-state index is 12.2. The lowest BCUT2D eigenvalue weighted by atomic mass is 10.2. The normalized spacial score (nSPS) is 11.5. The summed E-state index contributed by atoms with van der Waals surface area (Å²) in [4.78, 5) is 13.3. The van der Waals surface area contributed by atoms with Crippen molar-refractivity contribution in [3.63, 3.8) is 0 Å². The Morgan fingerprint density at radius 2 is 1.64 bits per heavy atom. The zero-order valence-corrected chi connectivity index (χ0v) is 15.1. The van der Waals surface area contributed by atoms with Crippen LogP contribution in [0.3, 0.4) is 0 Å². The van der Waals surface area contributed by atoms with E-state index in [2.05, 4.69) is 5.32 Å². The van der Waals surface area contributed by atoms with Gasteiger partial charge in [0.05, 0.1) is 28.4 Å². The lowest BCUT2D eigenvalue weighted by molar-refractivity contribution is -0.885. The molecule has 2 aromatic rings. The van der Waals surface area contributed by atoms with Crippen LogP contribution in [0.15, 0.2) is 42.5 Å². The number of likely N-dealkylation sites (N-methyl/N-ethyl adjacent to an activating group) is 1. The van der Waals surface area contributed by atoms with Crippen LogP contribution in [0.1, 0.15) is 5.56 Å². The molecule has 0 saturated heterocycles. The van der Waals surface area contributed by atoms with Crippen LogP contribution in [0.2, 0.25) is 0 Å². The van der Waals surface area contributed by atoms with E-state index in [4.69, 9.17) is 14.2 Å². The van der Waals surface area contributed by atoms with Crippen molar-refractivity contribution in [2.24, 2.45) is 0 Å². The molecule has 1 unspecified atom stereocenters. The number of methoxy groups -OCH3 is 3. The zero-order valence-electron chi connectivity index (χ0n) is 15.1. The highest BCUT2D eigenvalue weighted by atomic mass is 16.5. The van der Waals surface area contributed by atoms with E-state index in [9.17, 15) is 4.79 Å². The van der Waals surface area contributed by atoms with Crippen molar-refractivity contribution in [3.8, 4) is 17.2 Å². The minimum absolute atomic E-state index is 0.0572. The van der Waals surface area contributed by atoms with Crippen molar-refractivity contribution in [1.82, 2.24) is 0 Å². The maximum absolute atomic E-state index is 12.2. The summed E-state index contributed by atoms with van der Waals surface area (Å²) in [7, 11) is 6.77. The van der Waals surface area contributed by atoms with E-state index < -0.39 is 0 Å². The van der Waals surface area contributed by atoms with Crippen LogP contribution in [-0.2, 0) is 11.3 Å². The largest absolute Gasteiger partial charge is 0.497 e. The molecular weight excluding hydrogens is 320 g/mol. The van der Waals surface area contributed by atoms with Gasteiger partial charge in [-0.25, -0.2) is 0 Å². The van der Waals surface area contributed by atoms with Crippen molar-refractivity contribution in [2.45, 2.75) is 6.54 Å². The number of carbonyl (C=O) groups excluding carboxylic acids is 1. The molecule has 25 heavy (non-hydrogen) atoms. The predicted octanol–water partition coefficient (Wildman–Crippen LogP) is 1.37. The summed E-state index contributed by atoms with van der Waals surface area (Å²) in [5.74, 6) is 1.98. The smallest absolute Gasteiger partial charge is 0.279 e. The van der Waals surface area contributed by atoms with Gasteiger partial charge in [0.15, 0.2) is 18.0 Å². The highest BCUT2D eigenvalue weighted by Crippen LogP contribution is 2.29. The monoisotopic (exact) mass is 345 g/mol. The van der Waals surface area contributed by atoms with Gasteiger partial charge in [-0.15, -0.1) is 0 Å². The average Bonchev–Trinajstić information content (AvgIpc) is 2.62.